The summed E-state index contributed by atoms with van der Waals surface area (Å²) in [7, 11) is 1.67. The minimum Gasteiger partial charge on any atom is -0.497 e. The van der Waals surface area contributed by atoms with Crippen molar-refractivity contribution in [3.8, 4) is 5.75 Å². The largest absolute Gasteiger partial charge is 0.497 e. The van der Waals surface area contributed by atoms with E-state index in [1.807, 2.05) is 12.1 Å². The van der Waals surface area contributed by atoms with Crippen LogP contribution in [0.1, 0.15) is 38.2 Å². The van der Waals surface area contributed by atoms with Crippen molar-refractivity contribution in [2.75, 3.05) is 20.3 Å². The molecule has 1 saturated carbocycles. The summed E-state index contributed by atoms with van der Waals surface area (Å²) >= 11 is 0. The van der Waals surface area contributed by atoms with E-state index in [1.54, 1.807) is 7.11 Å². The molecule has 1 aliphatic carbocycles. The summed E-state index contributed by atoms with van der Waals surface area (Å²) in [4.78, 5) is 15.2. The van der Waals surface area contributed by atoms with E-state index in [9.17, 15) is 4.79 Å². The second kappa shape index (κ2) is 7.35. The maximum absolute atomic E-state index is 13.0. The fourth-order valence-electron chi connectivity index (χ4n) is 3.36. The molecule has 4 heteroatoms. The Kier molecular flexibility index (Phi) is 5.21. The van der Waals surface area contributed by atoms with Crippen molar-refractivity contribution in [1.82, 2.24) is 4.90 Å². The molecule has 0 bridgehead atoms. The zero-order valence-electron chi connectivity index (χ0n) is 14.2. The lowest BCUT2D eigenvalue weighted by atomic mass is 9.97. The van der Waals surface area contributed by atoms with Crippen molar-refractivity contribution < 1.29 is 14.3 Å². The zero-order valence-corrected chi connectivity index (χ0v) is 14.2. The van der Waals surface area contributed by atoms with Gasteiger partial charge in [-0.15, -0.1) is 0 Å². The van der Waals surface area contributed by atoms with Crippen LogP contribution in [0.25, 0.3) is 0 Å². The second-order valence-corrected chi connectivity index (χ2v) is 6.78. The summed E-state index contributed by atoms with van der Waals surface area (Å²) in [6, 6.07) is 8.38. The first-order valence-corrected chi connectivity index (χ1v) is 8.70. The molecule has 0 N–H and O–H groups in total. The van der Waals surface area contributed by atoms with Crippen LogP contribution in [0.15, 0.2) is 24.3 Å². The number of carbonyl (C=O) groups excluding carboxylic acids is 1. The van der Waals surface area contributed by atoms with Gasteiger partial charge in [-0.1, -0.05) is 12.1 Å². The number of carbonyl (C=O) groups is 1. The molecule has 0 radical (unpaired) electrons. The van der Waals surface area contributed by atoms with Gasteiger partial charge in [0.05, 0.1) is 7.11 Å². The predicted molar refractivity (Wildman–Crippen MR) is 89.3 cm³/mol. The van der Waals surface area contributed by atoms with Crippen LogP contribution in [0.2, 0.25) is 0 Å². The fourth-order valence-corrected chi connectivity index (χ4v) is 3.36. The quantitative estimate of drug-likeness (QED) is 0.808. The van der Waals surface area contributed by atoms with E-state index in [1.165, 1.54) is 18.4 Å². The third kappa shape index (κ3) is 4.05. The number of ether oxygens (including phenoxy) is 2. The summed E-state index contributed by atoms with van der Waals surface area (Å²) in [6.45, 7) is 4.32. The molecule has 23 heavy (non-hydrogen) atoms. The maximum atomic E-state index is 13.0. The molecule has 1 amide bonds. The number of hydrogen-bond acceptors (Lipinski definition) is 3. The molecule has 1 aliphatic heterocycles. The van der Waals surface area contributed by atoms with Crippen LogP contribution >= 0.6 is 0 Å². The number of rotatable bonds is 6. The predicted octanol–water partition coefficient (Wildman–Crippen LogP) is 3.25. The van der Waals surface area contributed by atoms with Crippen LogP contribution in [0.4, 0.5) is 0 Å². The molecule has 1 unspecified atom stereocenters. The molecule has 1 heterocycles. The summed E-state index contributed by atoms with van der Waals surface area (Å²) in [5.41, 5.74) is 1.17. The van der Waals surface area contributed by atoms with Gasteiger partial charge in [-0.25, -0.2) is 0 Å². The molecule has 2 aliphatic rings. The lowest BCUT2D eigenvalue weighted by Crippen LogP contribution is -2.44. The van der Waals surface area contributed by atoms with Crippen molar-refractivity contribution in [2.45, 2.75) is 45.2 Å². The molecule has 1 atom stereocenters. The van der Waals surface area contributed by atoms with Gasteiger partial charge < -0.3 is 14.4 Å². The molecule has 1 saturated heterocycles. The Morgan fingerprint density at radius 3 is 2.43 bits per heavy atom. The highest BCUT2D eigenvalue weighted by molar-refractivity contribution is 5.79. The van der Waals surface area contributed by atoms with E-state index in [-0.39, 0.29) is 5.92 Å². The van der Waals surface area contributed by atoms with Crippen LogP contribution < -0.4 is 4.74 Å². The Hall–Kier alpha value is -1.55. The molecule has 126 valence electrons. The van der Waals surface area contributed by atoms with Crippen molar-refractivity contribution in [1.29, 1.82) is 0 Å². The zero-order chi connectivity index (χ0) is 16.2. The minimum absolute atomic E-state index is 0.128. The van der Waals surface area contributed by atoms with Gasteiger partial charge in [0.1, 0.15) is 5.75 Å². The van der Waals surface area contributed by atoms with E-state index in [0.717, 1.165) is 18.6 Å². The van der Waals surface area contributed by atoms with Gasteiger partial charge in [0.2, 0.25) is 5.91 Å². The Labute approximate surface area is 138 Å². The average molecular weight is 317 g/mol. The van der Waals surface area contributed by atoms with Crippen LogP contribution in [0.5, 0.6) is 5.75 Å². The molecular weight excluding hydrogens is 290 g/mol. The van der Waals surface area contributed by atoms with Crippen LogP contribution in [0, 0.1) is 11.8 Å². The Morgan fingerprint density at radius 2 is 1.87 bits per heavy atom. The SMILES string of the molecule is COc1ccc(CN(C(=O)C2CCOCC2)C(C)C2CC2)cc1. The smallest absolute Gasteiger partial charge is 0.226 e. The van der Waals surface area contributed by atoms with Gasteiger partial charge >= 0.3 is 0 Å². The Morgan fingerprint density at radius 1 is 1.22 bits per heavy atom. The lowest BCUT2D eigenvalue weighted by molar-refractivity contribution is -0.141. The summed E-state index contributed by atoms with van der Waals surface area (Å²) in [6.07, 6.45) is 4.22. The van der Waals surface area contributed by atoms with E-state index < -0.39 is 0 Å². The number of hydrogen-bond donors (Lipinski definition) is 0. The monoisotopic (exact) mass is 317 g/mol. The molecule has 0 spiro atoms. The summed E-state index contributed by atoms with van der Waals surface area (Å²) < 4.78 is 10.6. The van der Waals surface area contributed by atoms with Gasteiger partial charge in [0.15, 0.2) is 0 Å². The highest BCUT2D eigenvalue weighted by atomic mass is 16.5. The first-order chi connectivity index (χ1) is 11.2. The second-order valence-electron chi connectivity index (χ2n) is 6.78. The molecule has 1 aromatic rings. The molecular formula is C19H27NO3. The minimum atomic E-state index is 0.128. The molecule has 4 nitrogen and oxygen atoms in total. The Bertz CT molecular complexity index is 518. The van der Waals surface area contributed by atoms with Crippen LogP contribution in [0.3, 0.4) is 0 Å². The molecule has 0 aromatic heterocycles. The third-order valence-electron chi connectivity index (χ3n) is 5.16. The van der Waals surface area contributed by atoms with Gasteiger partial charge in [-0.2, -0.15) is 0 Å². The average Bonchev–Trinajstić information content (AvgIpc) is 3.45. The van der Waals surface area contributed by atoms with Crippen molar-refractivity contribution >= 4 is 5.91 Å². The van der Waals surface area contributed by atoms with Gasteiger partial charge in [-0.3, -0.25) is 4.79 Å². The number of methoxy groups -OCH3 is 1. The van der Waals surface area contributed by atoms with Gasteiger partial charge in [-0.05, 0) is 56.2 Å². The van der Waals surface area contributed by atoms with Gasteiger partial charge in [0.25, 0.3) is 0 Å². The highest BCUT2D eigenvalue weighted by Crippen LogP contribution is 2.36. The number of benzene rings is 1. The summed E-state index contributed by atoms with van der Waals surface area (Å²) in [5, 5.41) is 0. The van der Waals surface area contributed by atoms with Crippen LogP contribution in [-0.4, -0.2) is 37.2 Å². The maximum Gasteiger partial charge on any atom is 0.226 e. The number of amides is 1. The van der Waals surface area contributed by atoms with Crippen molar-refractivity contribution in [2.24, 2.45) is 11.8 Å². The molecule has 2 fully saturated rings. The van der Waals surface area contributed by atoms with Crippen molar-refractivity contribution in [3.63, 3.8) is 0 Å². The van der Waals surface area contributed by atoms with Crippen molar-refractivity contribution in [3.05, 3.63) is 29.8 Å². The molecule has 3 rings (SSSR count). The van der Waals surface area contributed by atoms with Gasteiger partial charge in [0, 0.05) is 31.7 Å². The van der Waals surface area contributed by atoms with E-state index >= 15 is 0 Å². The Balaban J connectivity index is 1.72. The fraction of sp³-hybridized carbons (Fsp3) is 0.632. The summed E-state index contributed by atoms with van der Waals surface area (Å²) in [5.74, 6) is 1.97. The van der Waals surface area contributed by atoms with E-state index in [2.05, 4.69) is 24.0 Å². The topological polar surface area (TPSA) is 38.8 Å². The van der Waals surface area contributed by atoms with E-state index in [4.69, 9.17) is 9.47 Å². The molecule has 1 aromatic carbocycles. The normalized spacial score (nSPS) is 20.1. The standard InChI is InChI=1S/C19H27NO3/c1-14(16-5-6-16)20(19(21)17-9-11-23-12-10-17)13-15-3-7-18(22-2)8-4-15/h3-4,7-8,14,16-17H,5-6,9-13H2,1-2H3. The lowest BCUT2D eigenvalue weighted by Gasteiger charge is -2.34. The first-order valence-electron chi connectivity index (χ1n) is 8.70. The van der Waals surface area contributed by atoms with E-state index in [0.29, 0.717) is 37.6 Å². The van der Waals surface area contributed by atoms with Crippen LogP contribution in [-0.2, 0) is 16.1 Å². The first kappa shape index (κ1) is 16.3. The number of nitrogens with zero attached hydrogens (tertiary/aromatic N) is 1. The third-order valence-corrected chi connectivity index (χ3v) is 5.16. The highest BCUT2D eigenvalue weighted by Gasteiger charge is 2.36.